The lowest BCUT2D eigenvalue weighted by Crippen LogP contribution is -2.03. The Labute approximate surface area is 107 Å². The Hall–Kier alpha value is -1.46. The largest absolute Gasteiger partial charge is 0.479 e. The minimum atomic E-state index is -0.446. The van der Waals surface area contributed by atoms with Crippen molar-refractivity contribution in [3.63, 3.8) is 0 Å². The molecular weight excluding hydrogens is 265 g/mol. The molecular formula is C10H9Cl2N3O2. The van der Waals surface area contributed by atoms with Crippen LogP contribution in [-0.4, -0.2) is 10.2 Å². The predicted molar refractivity (Wildman–Crippen MR) is 64.2 cm³/mol. The molecule has 1 heterocycles. The highest BCUT2D eigenvalue weighted by atomic mass is 35.5. The van der Waals surface area contributed by atoms with Gasteiger partial charge in [0, 0.05) is 5.02 Å². The maximum atomic E-state index is 5.97. The molecule has 0 amide bonds. The van der Waals surface area contributed by atoms with Crippen LogP contribution in [0, 0.1) is 0 Å². The first-order valence-corrected chi connectivity index (χ1v) is 5.52. The van der Waals surface area contributed by atoms with Gasteiger partial charge in [0.1, 0.15) is 5.75 Å². The Kier molecular flexibility index (Phi) is 3.40. The van der Waals surface area contributed by atoms with Crippen LogP contribution in [0.2, 0.25) is 10.0 Å². The van der Waals surface area contributed by atoms with Gasteiger partial charge in [-0.15, -0.1) is 5.10 Å². The second-order valence-corrected chi connectivity index (χ2v) is 4.16. The summed E-state index contributed by atoms with van der Waals surface area (Å²) in [5.74, 6) is 0.772. The monoisotopic (exact) mass is 273 g/mol. The number of benzene rings is 1. The van der Waals surface area contributed by atoms with Crippen LogP contribution in [0.5, 0.6) is 5.75 Å². The fourth-order valence-electron chi connectivity index (χ4n) is 1.22. The molecule has 5 nitrogen and oxygen atoms in total. The highest BCUT2D eigenvalue weighted by Gasteiger charge is 2.16. The van der Waals surface area contributed by atoms with E-state index in [1.54, 1.807) is 25.1 Å². The van der Waals surface area contributed by atoms with Gasteiger partial charge in [0.05, 0.1) is 5.02 Å². The highest BCUT2D eigenvalue weighted by Crippen LogP contribution is 2.30. The summed E-state index contributed by atoms with van der Waals surface area (Å²) in [7, 11) is 0. The number of ether oxygens (including phenoxy) is 1. The first kappa shape index (κ1) is 12.0. The molecule has 1 aromatic carbocycles. The normalized spacial score (nSPS) is 12.4. The van der Waals surface area contributed by atoms with Crippen molar-refractivity contribution < 1.29 is 9.15 Å². The van der Waals surface area contributed by atoms with Crippen molar-refractivity contribution >= 4 is 29.2 Å². The fourth-order valence-corrected chi connectivity index (χ4v) is 1.68. The summed E-state index contributed by atoms with van der Waals surface area (Å²) in [6, 6.07) is 4.93. The number of anilines is 1. The molecule has 0 saturated carbocycles. The standard InChI is InChI=1S/C10H9Cl2N3O2/c1-5(9-14-15-10(13)17-9)16-8-3-2-6(11)4-7(8)12/h2-5H,1H3,(H2,13,15). The zero-order chi connectivity index (χ0) is 12.4. The molecule has 7 heteroatoms. The molecule has 0 spiro atoms. The van der Waals surface area contributed by atoms with E-state index in [0.717, 1.165) is 0 Å². The fraction of sp³-hybridized carbons (Fsp3) is 0.200. The van der Waals surface area contributed by atoms with E-state index in [2.05, 4.69) is 10.2 Å². The molecule has 1 aromatic heterocycles. The van der Waals surface area contributed by atoms with Gasteiger partial charge in [-0.25, -0.2) is 0 Å². The number of rotatable bonds is 3. The molecule has 2 rings (SSSR count). The molecule has 2 N–H and O–H groups in total. The third-order valence-corrected chi connectivity index (χ3v) is 2.53. The van der Waals surface area contributed by atoms with Crippen molar-refractivity contribution in [1.82, 2.24) is 10.2 Å². The maximum Gasteiger partial charge on any atom is 0.312 e. The Morgan fingerprint density at radius 3 is 2.71 bits per heavy atom. The van der Waals surface area contributed by atoms with Crippen LogP contribution < -0.4 is 10.5 Å². The summed E-state index contributed by atoms with van der Waals surface area (Å²) in [5.41, 5.74) is 5.32. The van der Waals surface area contributed by atoms with Crippen LogP contribution in [0.25, 0.3) is 0 Å². The number of aromatic nitrogens is 2. The van der Waals surface area contributed by atoms with Crippen LogP contribution in [-0.2, 0) is 0 Å². The van der Waals surface area contributed by atoms with E-state index in [9.17, 15) is 0 Å². The van der Waals surface area contributed by atoms with E-state index >= 15 is 0 Å². The lowest BCUT2D eigenvalue weighted by atomic mass is 10.3. The SMILES string of the molecule is CC(Oc1ccc(Cl)cc1Cl)c1nnc(N)o1. The summed E-state index contributed by atoms with van der Waals surface area (Å²) < 4.78 is 10.6. The summed E-state index contributed by atoms with van der Waals surface area (Å²) in [6.45, 7) is 1.75. The Balaban J connectivity index is 2.15. The van der Waals surface area contributed by atoms with Gasteiger partial charge in [0.2, 0.25) is 0 Å². The van der Waals surface area contributed by atoms with Crippen molar-refractivity contribution in [1.29, 1.82) is 0 Å². The van der Waals surface area contributed by atoms with Crippen molar-refractivity contribution in [2.75, 3.05) is 5.73 Å². The number of nitrogens with zero attached hydrogens (tertiary/aromatic N) is 2. The van der Waals surface area contributed by atoms with Crippen LogP contribution in [0.15, 0.2) is 22.6 Å². The summed E-state index contributed by atoms with van der Waals surface area (Å²) in [4.78, 5) is 0. The molecule has 0 aliphatic heterocycles. The summed E-state index contributed by atoms with van der Waals surface area (Å²) >= 11 is 11.7. The molecule has 0 fully saturated rings. The van der Waals surface area contributed by atoms with Crippen LogP contribution in [0.1, 0.15) is 18.9 Å². The summed E-state index contributed by atoms with van der Waals surface area (Å²) in [6.07, 6.45) is -0.446. The van der Waals surface area contributed by atoms with Crippen LogP contribution >= 0.6 is 23.2 Å². The third-order valence-electron chi connectivity index (χ3n) is 2.00. The van der Waals surface area contributed by atoms with E-state index in [1.165, 1.54) is 0 Å². The number of halogens is 2. The molecule has 90 valence electrons. The molecule has 1 unspecified atom stereocenters. The van der Waals surface area contributed by atoms with Crippen LogP contribution in [0.3, 0.4) is 0 Å². The Bertz CT molecular complexity index is 530. The molecule has 1 atom stereocenters. The number of hydrogen-bond donors (Lipinski definition) is 1. The van der Waals surface area contributed by atoms with Crippen molar-refractivity contribution in [3.8, 4) is 5.75 Å². The quantitative estimate of drug-likeness (QED) is 0.930. The Morgan fingerprint density at radius 2 is 2.12 bits per heavy atom. The second kappa shape index (κ2) is 4.81. The number of nitrogen functional groups attached to an aromatic ring is 1. The molecule has 0 radical (unpaired) electrons. The van der Waals surface area contributed by atoms with E-state index in [4.69, 9.17) is 38.1 Å². The summed E-state index contributed by atoms with van der Waals surface area (Å²) in [5, 5.41) is 8.22. The lowest BCUT2D eigenvalue weighted by molar-refractivity contribution is 0.190. The van der Waals surface area contributed by atoms with Crippen molar-refractivity contribution in [2.24, 2.45) is 0 Å². The van der Waals surface area contributed by atoms with E-state index in [0.29, 0.717) is 15.8 Å². The third kappa shape index (κ3) is 2.81. The minimum Gasteiger partial charge on any atom is -0.479 e. The van der Waals surface area contributed by atoms with Crippen molar-refractivity contribution in [2.45, 2.75) is 13.0 Å². The molecule has 2 aromatic rings. The minimum absolute atomic E-state index is 0.00217. The van der Waals surface area contributed by atoms with Gasteiger partial charge in [-0.05, 0) is 25.1 Å². The molecule has 0 bridgehead atoms. The number of hydrogen-bond acceptors (Lipinski definition) is 5. The van der Waals surface area contributed by atoms with Gasteiger partial charge in [-0.1, -0.05) is 28.3 Å². The highest BCUT2D eigenvalue weighted by molar-refractivity contribution is 6.35. The van der Waals surface area contributed by atoms with Crippen molar-refractivity contribution in [3.05, 3.63) is 34.1 Å². The average molecular weight is 274 g/mol. The molecule has 17 heavy (non-hydrogen) atoms. The zero-order valence-electron chi connectivity index (χ0n) is 8.85. The first-order chi connectivity index (χ1) is 8.06. The van der Waals surface area contributed by atoms with Gasteiger partial charge in [-0.3, -0.25) is 0 Å². The molecule has 0 aliphatic carbocycles. The average Bonchev–Trinajstić information content (AvgIpc) is 2.69. The topological polar surface area (TPSA) is 74.2 Å². The van der Waals surface area contributed by atoms with E-state index in [1.807, 2.05) is 0 Å². The van der Waals surface area contributed by atoms with E-state index in [-0.39, 0.29) is 11.9 Å². The van der Waals surface area contributed by atoms with Gasteiger partial charge < -0.3 is 14.9 Å². The van der Waals surface area contributed by atoms with E-state index < -0.39 is 6.10 Å². The van der Waals surface area contributed by atoms with Gasteiger partial charge in [-0.2, -0.15) is 0 Å². The van der Waals surface area contributed by atoms with Crippen LogP contribution in [0.4, 0.5) is 6.01 Å². The zero-order valence-corrected chi connectivity index (χ0v) is 10.4. The maximum absolute atomic E-state index is 5.97. The van der Waals surface area contributed by atoms with Gasteiger partial charge in [0.15, 0.2) is 6.10 Å². The number of nitrogens with two attached hydrogens (primary N) is 1. The van der Waals surface area contributed by atoms with Gasteiger partial charge >= 0.3 is 6.01 Å². The Morgan fingerprint density at radius 1 is 1.35 bits per heavy atom. The lowest BCUT2D eigenvalue weighted by Gasteiger charge is -2.12. The predicted octanol–water partition coefficient (Wildman–Crippen LogP) is 3.10. The molecule has 0 saturated heterocycles. The smallest absolute Gasteiger partial charge is 0.312 e. The van der Waals surface area contributed by atoms with Gasteiger partial charge in [0.25, 0.3) is 5.89 Å². The molecule has 0 aliphatic rings. The second-order valence-electron chi connectivity index (χ2n) is 3.31. The first-order valence-electron chi connectivity index (χ1n) is 4.77.